The number of benzene rings is 1. The van der Waals surface area contributed by atoms with Crippen molar-refractivity contribution >= 4 is 18.3 Å². The van der Waals surface area contributed by atoms with Crippen molar-refractivity contribution in [2.75, 3.05) is 33.9 Å². The number of carbonyl (C=O) groups excluding carboxylic acids is 1. The van der Waals surface area contributed by atoms with E-state index in [0.717, 1.165) is 5.75 Å². The third-order valence-corrected chi connectivity index (χ3v) is 2.73. The summed E-state index contributed by atoms with van der Waals surface area (Å²) in [6.07, 6.45) is 0. The summed E-state index contributed by atoms with van der Waals surface area (Å²) in [5.41, 5.74) is 0.627. The number of rotatable bonds is 8. The van der Waals surface area contributed by atoms with E-state index in [9.17, 15) is 4.79 Å². The van der Waals surface area contributed by atoms with Crippen LogP contribution in [0.3, 0.4) is 0 Å². The Hall–Kier alpha value is -1.30. The summed E-state index contributed by atoms with van der Waals surface area (Å²) in [5.74, 6) is 0.655. The highest BCUT2D eigenvalue weighted by atomic mass is 35.5. The Labute approximate surface area is 126 Å². The van der Waals surface area contributed by atoms with Gasteiger partial charge >= 0.3 is 0 Å². The predicted octanol–water partition coefficient (Wildman–Crippen LogP) is 1.47. The monoisotopic (exact) mass is 302 g/mol. The summed E-state index contributed by atoms with van der Waals surface area (Å²) in [4.78, 5) is 11.8. The molecule has 20 heavy (non-hydrogen) atoms. The average Bonchev–Trinajstić information content (AvgIpc) is 2.45. The second kappa shape index (κ2) is 10.5. The average molecular weight is 303 g/mol. The van der Waals surface area contributed by atoms with Crippen molar-refractivity contribution in [3.63, 3.8) is 0 Å². The van der Waals surface area contributed by atoms with Crippen LogP contribution < -0.4 is 15.4 Å². The maximum absolute atomic E-state index is 11.8. The molecule has 1 amide bonds. The van der Waals surface area contributed by atoms with Crippen molar-refractivity contribution < 1.29 is 14.3 Å². The largest absolute Gasteiger partial charge is 0.491 e. The maximum Gasteiger partial charge on any atom is 0.251 e. The summed E-state index contributed by atoms with van der Waals surface area (Å²) >= 11 is 0. The number of hydrogen-bond donors (Lipinski definition) is 2. The quantitative estimate of drug-likeness (QED) is 0.714. The highest BCUT2D eigenvalue weighted by Gasteiger charge is 2.06. The van der Waals surface area contributed by atoms with E-state index >= 15 is 0 Å². The Kier molecular flexibility index (Phi) is 9.80. The topological polar surface area (TPSA) is 59.6 Å². The van der Waals surface area contributed by atoms with Crippen molar-refractivity contribution in [1.29, 1.82) is 0 Å². The smallest absolute Gasteiger partial charge is 0.251 e. The van der Waals surface area contributed by atoms with Gasteiger partial charge in [0.05, 0.1) is 6.61 Å². The third kappa shape index (κ3) is 6.75. The highest BCUT2D eigenvalue weighted by molar-refractivity contribution is 5.94. The first-order valence-corrected chi connectivity index (χ1v) is 6.34. The summed E-state index contributed by atoms with van der Waals surface area (Å²) in [6.45, 7) is 3.65. The lowest BCUT2D eigenvalue weighted by molar-refractivity contribution is 0.0950. The summed E-state index contributed by atoms with van der Waals surface area (Å²) in [6, 6.07) is 7.32. The van der Waals surface area contributed by atoms with Gasteiger partial charge in [0.2, 0.25) is 0 Å². The van der Waals surface area contributed by atoms with Crippen LogP contribution in [0, 0.1) is 0 Å². The van der Waals surface area contributed by atoms with Gasteiger partial charge in [-0.15, -0.1) is 12.4 Å². The molecule has 0 spiro atoms. The number of nitrogens with one attached hydrogen (secondary N) is 2. The van der Waals surface area contributed by atoms with Gasteiger partial charge in [0, 0.05) is 25.3 Å². The van der Waals surface area contributed by atoms with Crippen LogP contribution >= 0.6 is 12.4 Å². The lowest BCUT2D eigenvalue weighted by Crippen LogP contribution is -2.37. The lowest BCUT2D eigenvalue weighted by Gasteiger charge is -2.11. The Balaban J connectivity index is 0.00000361. The molecular weight excluding hydrogens is 280 g/mol. The highest BCUT2D eigenvalue weighted by Crippen LogP contribution is 2.12. The van der Waals surface area contributed by atoms with E-state index in [2.05, 4.69) is 10.6 Å². The van der Waals surface area contributed by atoms with Crippen molar-refractivity contribution in [2.24, 2.45) is 0 Å². The van der Waals surface area contributed by atoms with Crippen molar-refractivity contribution in [3.05, 3.63) is 29.8 Å². The van der Waals surface area contributed by atoms with E-state index in [1.54, 1.807) is 31.4 Å². The fourth-order valence-electron chi connectivity index (χ4n) is 1.40. The van der Waals surface area contributed by atoms with E-state index in [1.165, 1.54) is 0 Å². The molecule has 1 aromatic rings. The van der Waals surface area contributed by atoms with E-state index in [0.29, 0.717) is 25.3 Å². The number of carbonyl (C=O) groups is 1. The molecule has 0 bridgehead atoms. The standard InChI is InChI=1S/C14H22N2O3.ClH/c1-11(15-2)10-16-14(17)12-4-6-13(7-5-12)19-9-8-18-3;/h4-7,11,15H,8-10H2,1-3H3,(H,16,17);1H. The summed E-state index contributed by atoms with van der Waals surface area (Å²) < 4.78 is 10.3. The van der Waals surface area contributed by atoms with Gasteiger partial charge in [-0.3, -0.25) is 4.79 Å². The molecule has 0 radical (unpaired) electrons. The zero-order valence-electron chi connectivity index (χ0n) is 12.1. The SMILES string of the molecule is CNC(C)CNC(=O)c1ccc(OCCOC)cc1.Cl. The second-order valence-corrected chi connectivity index (χ2v) is 4.27. The molecule has 1 aromatic carbocycles. The molecule has 0 aliphatic carbocycles. The van der Waals surface area contributed by atoms with Gasteiger partial charge in [0.25, 0.3) is 5.91 Å². The van der Waals surface area contributed by atoms with Crippen molar-refractivity contribution in [1.82, 2.24) is 10.6 Å². The Morgan fingerprint density at radius 1 is 1.25 bits per heavy atom. The molecule has 5 nitrogen and oxygen atoms in total. The van der Waals surface area contributed by atoms with Crippen molar-refractivity contribution in [2.45, 2.75) is 13.0 Å². The number of ether oxygens (including phenoxy) is 2. The lowest BCUT2D eigenvalue weighted by atomic mass is 10.2. The molecule has 0 aliphatic heterocycles. The first-order valence-electron chi connectivity index (χ1n) is 6.34. The van der Waals surface area contributed by atoms with E-state index in [4.69, 9.17) is 9.47 Å². The number of amides is 1. The fourth-order valence-corrected chi connectivity index (χ4v) is 1.40. The van der Waals surface area contributed by atoms with Crippen LogP contribution in [0.2, 0.25) is 0 Å². The fraction of sp³-hybridized carbons (Fsp3) is 0.500. The molecule has 0 fully saturated rings. The molecule has 0 aliphatic rings. The summed E-state index contributed by atoms with van der Waals surface area (Å²) in [7, 11) is 3.49. The molecule has 1 atom stereocenters. The molecule has 6 heteroatoms. The van der Waals surface area contributed by atoms with Crippen LogP contribution in [0.4, 0.5) is 0 Å². The van der Waals surface area contributed by atoms with E-state index in [-0.39, 0.29) is 24.4 Å². The van der Waals surface area contributed by atoms with E-state index < -0.39 is 0 Å². The minimum absolute atomic E-state index is 0. The van der Waals surface area contributed by atoms with Crippen LogP contribution in [0.15, 0.2) is 24.3 Å². The predicted molar refractivity (Wildman–Crippen MR) is 81.9 cm³/mol. The Morgan fingerprint density at radius 3 is 2.45 bits per heavy atom. The minimum Gasteiger partial charge on any atom is -0.491 e. The van der Waals surface area contributed by atoms with Gasteiger partial charge < -0.3 is 20.1 Å². The molecule has 0 saturated carbocycles. The number of likely N-dealkylation sites (N-methyl/N-ethyl adjacent to an activating group) is 1. The number of halogens is 1. The molecule has 0 saturated heterocycles. The molecule has 1 unspecified atom stereocenters. The number of methoxy groups -OCH3 is 1. The summed E-state index contributed by atoms with van der Waals surface area (Å²) in [5, 5.41) is 5.92. The van der Waals surface area contributed by atoms with Crippen LogP contribution in [0.1, 0.15) is 17.3 Å². The van der Waals surface area contributed by atoms with Crippen molar-refractivity contribution in [3.8, 4) is 5.75 Å². The second-order valence-electron chi connectivity index (χ2n) is 4.27. The van der Waals surface area contributed by atoms with Gasteiger partial charge in [-0.2, -0.15) is 0 Å². The van der Waals surface area contributed by atoms with Crippen LogP contribution in [0.25, 0.3) is 0 Å². The number of hydrogen-bond acceptors (Lipinski definition) is 4. The van der Waals surface area contributed by atoms with Crippen LogP contribution in [-0.4, -0.2) is 45.9 Å². The first kappa shape index (κ1) is 18.7. The van der Waals surface area contributed by atoms with E-state index in [1.807, 2.05) is 14.0 Å². The molecular formula is C14H23ClN2O3. The van der Waals surface area contributed by atoms with Crippen LogP contribution in [-0.2, 0) is 4.74 Å². The van der Waals surface area contributed by atoms with Crippen LogP contribution in [0.5, 0.6) is 5.75 Å². The molecule has 2 N–H and O–H groups in total. The maximum atomic E-state index is 11.8. The first-order chi connectivity index (χ1) is 9.17. The third-order valence-electron chi connectivity index (χ3n) is 2.73. The molecule has 114 valence electrons. The zero-order valence-corrected chi connectivity index (χ0v) is 13.0. The molecule has 0 aromatic heterocycles. The van der Waals surface area contributed by atoms with Gasteiger partial charge in [-0.05, 0) is 38.2 Å². The van der Waals surface area contributed by atoms with Gasteiger partial charge in [0.15, 0.2) is 0 Å². The normalized spacial score (nSPS) is 11.3. The Morgan fingerprint density at radius 2 is 1.90 bits per heavy atom. The van der Waals surface area contributed by atoms with Gasteiger partial charge in [-0.1, -0.05) is 0 Å². The Bertz CT molecular complexity index is 385. The minimum atomic E-state index is -0.0782. The van der Waals surface area contributed by atoms with Gasteiger partial charge in [0.1, 0.15) is 12.4 Å². The molecule has 0 heterocycles. The zero-order chi connectivity index (χ0) is 14.1. The van der Waals surface area contributed by atoms with Gasteiger partial charge in [-0.25, -0.2) is 0 Å². The molecule has 1 rings (SSSR count).